The molecule has 5 nitrogen and oxygen atoms in total. The third kappa shape index (κ3) is 4.55. The molecule has 0 aliphatic heterocycles. The Labute approximate surface area is 126 Å². The molecule has 0 radical (unpaired) electrons. The van der Waals surface area contributed by atoms with Crippen molar-refractivity contribution in [1.29, 1.82) is 0 Å². The number of ketones is 1. The maximum absolute atomic E-state index is 11.8. The summed E-state index contributed by atoms with van der Waals surface area (Å²) in [4.78, 5) is 24.4. The van der Waals surface area contributed by atoms with Gasteiger partial charge in [-0.05, 0) is 33.3 Å². The van der Waals surface area contributed by atoms with Gasteiger partial charge in [0, 0.05) is 36.0 Å². The van der Waals surface area contributed by atoms with Crippen LogP contribution < -0.4 is 4.90 Å². The number of nitrogens with zero attached hydrogens (tertiary/aromatic N) is 2. The van der Waals surface area contributed by atoms with Gasteiger partial charge in [-0.25, -0.2) is 0 Å². The molecular weight excluding hydrogens is 268 g/mol. The van der Waals surface area contributed by atoms with Crippen LogP contribution in [0.15, 0.2) is 18.2 Å². The molecule has 0 unspecified atom stereocenters. The molecule has 21 heavy (non-hydrogen) atoms. The van der Waals surface area contributed by atoms with Gasteiger partial charge in [-0.15, -0.1) is 0 Å². The van der Waals surface area contributed by atoms with Crippen molar-refractivity contribution in [3.05, 3.63) is 33.9 Å². The minimum atomic E-state index is -0.465. The van der Waals surface area contributed by atoms with Gasteiger partial charge >= 0.3 is 0 Å². The Morgan fingerprint density at radius 2 is 2.00 bits per heavy atom. The summed E-state index contributed by atoms with van der Waals surface area (Å²) in [5.41, 5.74) is 1.18. The number of hydrogen-bond acceptors (Lipinski definition) is 4. The van der Waals surface area contributed by atoms with E-state index in [1.165, 1.54) is 19.1 Å². The fraction of sp³-hybridized carbons (Fsp3) is 0.562. The number of unbranched alkanes of at least 4 members (excludes halogenated alkanes) is 2. The predicted molar refractivity (Wildman–Crippen MR) is 85.1 cm³/mol. The van der Waals surface area contributed by atoms with Crippen molar-refractivity contribution in [2.75, 3.05) is 11.4 Å². The van der Waals surface area contributed by atoms with Crippen LogP contribution in [0.5, 0.6) is 0 Å². The molecule has 5 heteroatoms. The Kier molecular flexibility index (Phi) is 6.34. The molecular formula is C16H24N2O3. The van der Waals surface area contributed by atoms with Crippen LogP contribution in [0, 0.1) is 10.1 Å². The Morgan fingerprint density at radius 3 is 2.48 bits per heavy atom. The molecule has 116 valence electrons. The standard InChI is InChI=1S/C16H24N2O3/c1-5-6-7-10-17(12(2)3)16-9-8-14(18(20)21)11-15(16)13(4)19/h8-9,11-12H,5-7,10H2,1-4H3. The van der Waals surface area contributed by atoms with Crippen LogP contribution in [0.1, 0.15) is 57.3 Å². The van der Waals surface area contributed by atoms with E-state index in [0.29, 0.717) is 5.56 Å². The lowest BCUT2D eigenvalue weighted by Gasteiger charge is -2.30. The number of Topliss-reactive ketones (excluding diaryl/α,β-unsaturated/α-hetero) is 1. The van der Waals surface area contributed by atoms with Gasteiger partial charge in [0.1, 0.15) is 0 Å². The highest BCUT2D eigenvalue weighted by Crippen LogP contribution is 2.28. The normalized spacial score (nSPS) is 10.7. The SMILES string of the molecule is CCCCCN(c1ccc([N+](=O)[O-])cc1C(C)=O)C(C)C. The number of rotatable bonds is 8. The van der Waals surface area contributed by atoms with Crippen molar-refractivity contribution < 1.29 is 9.72 Å². The van der Waals surface area contributed by atoms with E-state index in [0.717, 1.165) is 31.5 Å². The van der Waals surface area contributed by atoms with Crippen LogP contribution >= 0.6 is 0 Å². The van der Waals surface area contributed by atoms with Gasteiger partial charge < -0.3 is 4.90 Å². The maximum atomic E-state index is 11.8. The topological polar surface area (TPSA) is 63.4 Å². The van der Waals surface area contributed by atoms with Gasteiger partial charge in [-0.3, -0.25) is 14.9 Å². The summed E-state index contributed by atoms with van der Waals surface area (Å²) in [6.45, 7) is 8.58. The lowest BCUT2D eigenvalue weighted by molar-refractivity contribution is -0.384. The zero-order chi connectivity index (χ0) is 16.0. The second-order valence-electron chi connectivity index (χ2n) is 5.51. The van der Waals surface area contributed by atoms with Gasteiger partial charge in [-0.1, -0.05) is 19.8 Å². The van der Waals surface area contributed by atoms with Gasteiger partial charge in [0.05, 0.1) is 4.92 Å². The molecule has 0 N–H and O–H groups in total. The van der Waals surface area contributed by atoms with Crippen molar-refractivity contribution in [2.24, 2.45) is 0 Å². The van der Waals surface area contributed by atoms with Crippen molar-refractivity contribution in [1.82, 2.24) is 0 Å². The van der Waals surface area contributed by atoms with E-state index < -0.39 is 4.92 Å². The summed E-state index contributed by atoms with van der Waals surface area (Å²) >= 11 is 0. The maximum Gasteiger partial charge on any atom is 0.270 e. The smallest absolute Gasteiger partial charge is 0.270 e. The lowest BCUT2D eigenvalue weighted by Crippen LogP contribution is -2.33. The summed E-state index contributed by atoms with van der Waals surface area (Å²) in [6, 6.07) is 4.78. The van der Waals surface area contributed by atoms with Gasteiger partial charge in [0.15, 0.2) is 5.78 Å². The molecule has 0 spiro atoms. The summed E-state index contributed by atoms with van der Waals surface area (Å²) in [7, 11) is 0. The fourth-order valence-electron chi connectivity index (χ4n) is 2.36. The molecule has 0 aromatic heterocycles. The van der Waals surface area contributed by atoms with E-state index in [1.54, 1.807) is 6.07 Å². The van der Waals surface area contributed by atoms with Gasteiger partial charge in [0.25, 0.3) is 5.69 Å². The number of carbonyl (C=O) groups excluding carboxylic acids is 1. The summed E-state index contributed by atoms with van der Waals surface area (Å²) in [5, 5.41) is 10.9. The van der Waals surface area contributed by atoms with Crippen LogP contribution in [0.3, 0.4) is 0 Å². The first-order chi connectivity index (χ1) is 9.88. The quantitative estimate of drug-likeness (QED) is 0.312. The first-order valence-corrected chi connectivity index (χ1v) is 7.44. The lowest BCUT2D eigenvalue weighted by atomic mass is 10.1. The van der Waals surface area contributed by atoms with Crippen LogP contribution in [-0.2, 0) is 0 Å². The third-order valence-electron chi connectivity index (χ3n) is 3.51. The number of hydrogen-bond donors (Lipinski definition) is 0. The minimum absolute atomic E-state index is 0.0405. The highest BCUT2D eigenvalue weighted by atomic mass is 16.6. The van der Waals surface area contributed by atoms with Crippen LogP contribution in [0.25, 0.3) is 0 Å². The highest BCUT2D eigenvalue weighted by molar-refractivity contribution is 6.00. The second-order valence-corrected chi connectivity index (χ2v) is 5.51. The molecule has 0 aliphatic rings. The third-order valence-corrected chi connectivity index (χ3v) is 3.51. The highest BCUT2D eigenvalue weighted by Gasteiger charge is 2.19. The molecule has 0 amide bonds. The Hall–Kier alpha value is -1.91. The minimum Gasteiger partial charge on any atom is -0.369 e. The van der Waals surface area contributed by atoms with Gasteiger partial charge in [-0.2, -0.15) is 0 Å². The Morgan fingerprint density at radius 1 is 1.33 bits per heavy atom. The molecule has 0 saturated carbocycles. The van der Waals surface area contributed by atoms with Gasteiger partial charge in [0.2, 0.25) is 0 Å². The molecule has 0 atom stereocenters. The van der Waals surface area contributed by atoms with E-state index in [1.807, 2.05) is 0 Å². The molecule has 0 bridgehead atoms. The number of carbonyl (C=O) groups is 1. The van der Waals surface area contributed by atoms with Crippen molar-refractivity contribution in [2.45, 2.75) is 53.0 Å². The van der Waals surface area contributed by atoms with Crippen molar-refractivity contribution in [3.8, 4) is 0 Å². The molecule has 0 fully saturated rings. The molecule has 1 aromatic carbocycles. The van der Waals surface area contributed by atoms with E-state index >= 15 is 0 Å². The van der Waals surface area contributed by atoms with E-state index in [-0.39, 0.29) is 17.5 Å². The number of nitro groups is 1. The summed E-state index contributed by atoms with van der Waals surface area (Å²) in [6.07, 6.45) is 3.31. The van der Waals surface area contributed by atoms with E-state index in [9.17, 15) is 14.9 Å². The molecule has 0 aliphatic carbocycles. The first-order valence-electron chi connectivity index (χ1n) is 7.44. The first kappa shape index (κ1) is 17.1. The molecule has 1 aromatic rings. The van der Waals surface area contributed by atoms with E-state index in [2.05, 4.69) is 25.7 Å². The summed E-state index contributed by atoms with van der Waals surface area (Å²) in [5.74, 6) is -0.144. The fourth-order valence-corrected chi connectivity index (χ4v) is 2.36. The summed E-state index contributed by atoms with van der Waals surface area (Å²) < 4.78 is 0. The van der Waals surface area contributed by atoms with Crippen LogP contribution in [0.4, 0.5) is 11.4 Å². The predicted octanol–water partition coefficient (Wildman–Crippen LogP) is 4.20. The van der Waals surface area contributed by atoms with Crippen molar-refractivity contribution in [3.63, 3.8) is 0 Å². The molecule has 0 heterocycles. The molecule has 0 saturated heterocycles. The van der Waals surface area contributed by atoms with Crippen molar-refractivity contribution >= 4 is 17.2 Å². The second kappa shape index (κ2) is 7.76. The monoisotopic (exact) mass is 292 g/mol. The zero-order valence-corrected chi connectivity index (χ0v) is 13.3. The van der Waals surface area contributed by atoms with E-state index in [4.69, 9.17) is 0 Å². The largest absolute Gasteiger partial charge is 0.369 e. The number of non-ortho nitro benzene ring substituents is 1. The molecule has 1 rings (SSSR count). The number of anilines is 1. The Balaban J connectivity index is 3.17. The zero-order valence-electron chi connectivity index (χ0n) is 13.3. The number of nitro benzene ring substituents is 1. The van der Waals surface area contributed by atoms with Crippen LogP contribution in [0.2, 0.25) is 0 Å². The average Bonchev–Trinajstić information content (AvgIpc) is 2.42. The average molecular weight is 292 g/mol. The van der Waals surface area contributed by atoms with Crippen LogP contribution in [-0.4, -0.2) is 23.3 Å². The number of benzene rings is 1. The Bertz CT molecular complexity index is 512.